The third-order valence-electron chi connectivity index (χ3n) is 2.78. The van der Waals surface area contributed by atoms with Crippen LogP contribution in [0.25, 0.3) is 0 Å². The zero-order valence-electron chi connectivity index (χ0n) is 11.1. The smallest absolute Gasteiger partial charge is 0.263 e. The quantitative estimate of drug-likeness (QED) is 0.807. The van der Waals surface area contributed by atoms with Crippen molar-refractivity contribution in [2.24, 2.45) is 0 Å². The molecule has 2 rings (SSSR count). The maximum Gasteiger partial charge on any atom is 0.264 e. The van der Waals surface area contributed by atoms with Crippen LogP contribution in [0, 0.1) is 13.8 Å². The van der Waals surface area contributed by atoms with Gasteiger partial charge in [-0.1, -0.05) is 23.2 Å². The van der Waals surface area contributed by atoms with Crippen LogP contribution in [0.15, 0.2) is 33.8 Å². The molecule has 1 N–H and O–H groups in total. The lowest BCUT2D eigenvalue weighted by Gasteiger charge is -2.12. The van der Waals surface area contributed by atoms with E-state index in [-0.39, 0.29) is 15.7 Å². The van der Waals surface area contributed by atoms with Gasteiger partial charge in [-0.25, -0.2) is 13.4 Å². The second-order valence-electron chi connectivity index (χ2n) is 4.46. The largest absolute Gasteiger partial charge is 0.264 e. The number of anilines is 1. The van der Waals surface area contributed by atoms with Gasteiger partial charge in [-0.3, -0.25) is 4.72 Å². The van der Waals surface area contributed by atoms with Crippen LogP contribution in [0.3, 0.4) is 0 Å². The van der Waals surface area contributed by atoms with Crippen LogP contribution in [-0.4, -0.2) is 13.4 Å². The Balaban J connectivity index is 2.46. The van der Waals surface area contributed by atoms with Crippen molar-refractivity contribution in [3.05, 3.63) is 50.0 Å². The zero-order chi connectivity index (χ0) is 15.8. The molecule has 1 aromatic carbocycles. The summed E-state index contributed by atoms with van der Waals surface area (Å²) in [7, 11) is -3.84. The lowest BCUT2D eigenvalue weighted by molar-refractivity contribution is 0.601. The van der Waals surface area contributed by atoms with E-state index in [1.54, 1.807) is 19.9 Å². The molecule has 0 spiro atoms. The summed E-state index contributed by atoms with van der Waals surface area (Å²) in [6, 6.07) is 4.61. The Labute approximate surface area is 141 Å². The standard InChI is InChI=1S/C13H11BrCl2N2O2S/c1-7-4-12(11(16)5-10(7)15)21(19,20)18-13-8(2)3-9(14)6-17-13/h3-6H,1-2H3,(H,17,18). The zero-order valence-corrected chi connectivity index (χ0v) is 15.0. The van der Waals surface area contributed by atoms with Gasteiger partial charge in [-0.2, -0.15) is 0 Å². The molecular formula is C13H11BrCl2N2O2S. The van der Waals surface area contributed by atoms with E-state index in [1.807, 2.05) is 0 Å². The second kappa shape index (κ2) is 6.12. The van der Waals surface area contributed by atoms with Gasteiger partial charge in [-0.15, -0.1) is 0 Å². The number of halogens is 3. The fraction of sp³-hybridized carbons (Fsp3) is 0.154. The summed E-state index contributed by atoms with van der Waals surface area (Å²) in [5.41, 5.74) is 1.32. The first kappa shape index (κ1) is 16.5. The lowest BCUT2D eigenvalue weighted by atomic mass is 10.2. The number of hydrogen-bond donors (Lipinski definition) is 1. The molecule has 0 saturated carbocycles. The number of sulfonamides is 1. The predicted octanol–water partition coefficient (Wildman–Crippen LogP) is 4.57. The molecule has 0 bridgehead atoms. The molecule has 112 valence electrons. The molecule has 21 heavy (non-hydrogen) atoms. The molecule has 2 aromatic rings. The van der Waals surface area contributed by atoms with Crippen LogP contribution in [0.4, 0.5) is 5.82 Å². The number of pyridine rings is 1. The first-order valence-electron chi connectivity index (χ1n) is 5.81. The van der Waals surface area contributed by atoms with E-state index in [2.05, 4.69) is 25.6 Å². The number of aryl methyl sites for hydroxylation is 2. The lowest BCUT2D eigenvalue weighted by Crippen LogP contribution is -2.15. The molecule has 0 radical (unpaired) electrons. The highest BCUT2D eigenvalue weighted by Gasteiger charge is 2.20. The van der Waals surface area contributed by atoms with Crippen molar-refractivity contribution < 1.29 is 8.42 Å². The Hall–Kier alpha value is -0.820. The number of nitrogens with one attached hydrogen (secondary N) is 1. The van der Waals surface area contributed by atoms with Gasteiger partial charge >= 0.3 is 0 Å². The van der Waals surface area contributed by atoms with Crippen LogP contribution < -0.4 is 4.72 Å². The van der Waals surface area contributed by atoms with E-state index in [0.29, 0.717) is 16.1 Å². The first-order valence-corrected chi connectivity index (χ1v) is 8.84. The summed E-state index contributed by atoms with van der Waals surface area (Å²) in [6.45, 7) is 3.46. The minimum absolute atomic E-state index is 0.0322. The maximum absolute atomic E-state index is 12.4. The van der Waals surface area contributed by atoms with Crippen LogP contribution >= 0.6 is 39.1 Å². The number of rotatable bonds is 3. The Morgan fingerprint density at radius 1 is 1.10 bits per heavy atom. The number of hydrogen-bond acceptors (Lipinski definition) is 3. The van der Waals surface area contributed by atoms with Gasteiger partial charge in [0.2, 0.25) is 0 Å². The van der Waals surface area contributed by atoms with E-state index in [4.69, 9.17) is 23.2 Å². The summed E-state index contributed by atoms with van der Waals surface area (Å²) in [4.78, 5) is 4.02. The van der Waals surface area contributed by atoms with E-state index < -0.39 is 10.0 Å². The van der Waals surface area contributed by atoms with Crippen molar-refractivity contribution in [3.63, 3.8) is 0 Å². The third kappa shape index (κ3) is 3.69. The number of aromatic nitrogens is 1. The molecule has 0 aliphatic heterocycles. The molecule has 0 amide bonds. The monoisotopic (exact) mass is 408 g/mol. The average Bonchev–Trinajstić information content (AvgIpc) is 2.37. The van der Waals surface area contributed by atoms with Gasteiger partial charge in [0.25, 0.3) is 10.0 Å². The molecule has 8 heteroatoms. The Morgan fingerprint density at radius 3 is 2.38 bits per heavy atom. The summed E-state index contributed by atoms with van der Waals surface area (Å²) in [5, 5.41) is 0.477. The van der Waals surface area contributed by atoms with Crippen LogP contribution in [0.1, 0.15) is 11.1 Å². The van der Waals surface area contributed by atoms with E-state index in [9.17, 15) is 8.42 Å². The van der Waals surface area contributed by atoms with Gasteiger partial charge in [0.1, 0.15) is 10.7 Å². The number of nitrogens with zero attached hydrogens (tertiary/aromatic N) is 1. The Morgan fingerprint density at radius 2 is 1.76 bits per heavy atom. The molecule has 0 aliphatic carbocycles. The fourth-order valence-corrected chi connectivity index (χ4v) is 4.03. The molecular weight excluding hydrogens is 399 g/mol. The minimum atomic E-state index is -3.84. The molecule has 4 nitrogen and oxygen atoms in total. The average molecular weight is 410 g/mol. The van der Waals surface area contributed by atoms with E-state index in [1.165, 1.54) is 18.3 Å². The highest BCUT2D eigenvalue weighted by molar-refractivity contribution is 9.10. The molecule has 0 fully saturated rings. The topological polar surface area (TPSA) is 59.1 Å². The molecule has 0 aliphatic rings. The second-order valence-corrected chi connectivity index (χ2v) is 7.84. The minimum Gasteiger partial charge on any atom is -0.263 e. The Kier molecular flexibility index (Phi) is 4.82. The van der Waals surface area contributed by atoms with Crippen molar-refractivity contribution in [2.45, 2.75) is 18.7 Å². The van der Waals surface area contributed by atoms with Crippen molar-refractivity contribution in [3.8, 4) is 0 Å². The highest BCUT2D eigenvalue weighted by Crippen LogP contribution is 2.29. The maximum atomic E-state index is 12.4. The van der Waals surface area contributed by atoms with E-state index in [0.717, 1.165) is 4.47 Å². The van der Waals surface area contributed by atoms with Crippen LogP contribution in [0.2, 0.25) is 10.0 Å². The van der Waals surface area contributed by atoms with Crippen LogP contribution in [-0.2, 0) is 10.0 Å². The number of benzene rings is 1. The van der Waals surface area contributed by atoms with E-state index >= 15 is 0 Å². The van der Waals surface area contributed by atoms with Gasteiger partial charge in [-0.05, 0) is 59.1 Å². The van der Waals surface area contributed by atoms with Crippen molar-refractivity contribution >= 4 is 55.0 Å². The van der Waals surface area contributed by atoms with Gasteiger partial charge in [0, 0.05) is 15.7 Å². The Bertz CT molecular complexity index is 810. The third-order valence-corrected chi connectivity index (χ3v) is 5.42. The van der Waals surface area contributed by atoms with Crippen molar-refractivity contribution in [1.82, 2.24) is 4.98 Å². The highest BCUT2D eigenvalue weighted by atomic mass is 79.9. The first-order chi connectivity index (χ1) is 9.70. The fourth-order valence-electron chi connectivity index (χ4n) is 1.67. The molecule has 0 saturated heterocycles. The molecule has 1 heterocycles. The van der Waals surface area contributed by atoms with Crippen molar-refractivity contribution in [1.29, 1.82) is 0 Å². The van der Waals surface area contributed by atoms with Crippen LogP contribution in [0.5, 0.6) is 0 Å². The predicted molar refractivity (Wildman–Crippen MR) is 88.7 cm³/mol. The van der Waals surface area contributed by atoms with Gasteiger partial charge in [0.05, 0.1) is 5.02 Å². The summed E-state index contributed by atoms with van der Waals surface area (Å²) in [5.74, 6) is 0.252. The van der Waals surface area contributed by atoms with Gasteiger partial charge in [0.15, 0.2) is 0 Å². The summed E-state index contributed by atoms with van der Waals surface area (Å²) >= 11 is 15.2. The normalized spacial score (nSPS) is 11.5. The SMILES string of the molecule is Cc1cc(S(=O)(=O)Nc2ncc(Br)cc2C)c(Cl)cc1Cl. The van der Waals surface area contributed by atoms with Crippen molar-refractivity contribution in [2.75, 3.05) is 4.72 Å². The van der Waals surface area contributed by atoms with Gasteiger partial charge < -0.3 is 0 Å². The summed E-state index contributed by atoms with van der Waals surface area (Å²) < 4.78 is 28.1. The molecule has 1 aromatic heterocycles. The summed E-state index contributed by atoms with van der Waals surface area (Å²) in [6.07, 6.45) is 1.51. The molecule has 0 atom stereocenters. The molecule has 0 unspecified atom stereocenters.